The summed E-state index contributed by atoms with van der Waals surface area (Å²) < 4.78 is 13.8. The van der Waals surface area contributed by atoms with Gasteiger partial charge in [0.15, 0.2) is 0 Å². The van der Waals surface area contributed by atoms with E-state index in [2.05, 4.69) is 10.3 Å². The van der Waals surface area contributed by atoms with Crippen LogP contribution >= 0.6 is 11.3 Å². The van der Waals surface area contributed by atoms with Crippen molar-refractivity contribution in [2.45, 2.75) is 19.9 Å². The maximum atomic E-state index is 13.8. The van der Waals surface area contributed by atoms with Crippen LogP contribution in [0.2, 0.25) is 0 Å². The number of thiazole rings is 1. The smallest absolute Gasteiger partial charge is 0.128 e. The molecule has 4 heteroatoms. The molecule has 0 amide bonds. The third-order valence-electron chi connectivity index (χ3n) is 2.80. The predicted octanol–water partition coefficient (Wildman–Crippen LogP) is 3.21. The summed E-state index contributed by atoms with van der Waals surface area (Å²) in [6.45, 7) is 4.01. The molecule has 0 radical (unpaired) electrons. The van der Waals surface area contributed by atoms with Gasteiger partial charge in [-0.2, -0.15) is 0 Å². The lowest BCUT2D eigenvalue weighted by Gasteiger charge is -2.14. The molecule has 0 aliphatic rings. The molecular formula is C13H15FN2S. The van der Waals surface area contributed by atoms with Crippen LogP contribution in [0.15, 0.2) is 24.3 Å². The summed E-state index contributed by atoms with van der Waals surface area (Å²) in [5, 5.41) is 4.03. The van der Waals surface area contributed by atoms with Crippen LogP contribution in [-0.4, -0.2) is 12.0 Å². The first-order valence-electron chi connectivity index (χ1n) is 5.49. The number of nitrogens with zero attached hydrogens (tertiary/aromatic N) is 1. The normalized spacial score (nSPS) is 12.7. The summed E-state index contributed by atoms with van der Waals surface area (Å²) >= 11 is 1.61. The Kier molecular flexibility index (Phi) is 3.54. The zero-order valence-electron chi connectivity index (χ0n) is 10.1. The molecule has 1 N–H and O–H groups in total. The molecule has 0 fully saturated rings. The Morgan fingerprint density at radius 1 is 1.29 bits per heavy atom. The van der Waals surface area contributed by atoms with Gasteiger partial charge in [0.2, 0.25) is 0 Å². The highest BCUT2D eigenvalue weighted by molar-refractivity contribution is 7.11. The second-order valence-corrected chi connectivity index (χ2v) is 5.17. The van der Waals surface area contributed by atoms with Crippen molar-refractivity contribution in [3.8, 4) is 0 Å². The first-order valence-corrected chi connectivity index (χ1v) is 6.30. The quantitative estimate of drug-likeness (QED) is 0.904. The van der Waals surface area contributed by atoms with Crippen molar-refractivity contribution in [3.63, 3.8) is 0 Å². The molecule has 0 saturated heterocycles. The van der Waals surface area contributed by atoms with Gasteiger partial charge in [0.1, 0.15) is 10.8 Å². The average Bonchev–Trinajstić information content (AvgIpc) is 2.63. The van der Waals surface area contributed by atoms with Crippen molar-refractivity contribution >= 4 is 11.3 Å². The largest absolute Gasteiger partial charge is 0.307 e. The second kappa shape index (κ2) is 4.94. The maximum Gasteiger partial charge on any atom is 0.128 e. The lowest BCUT2D eigenvalue weighted by molar-refractivity contribution is 0.575. The van der Waals surface area contributed by atoms with E-state index in [0.29, 0.717) is 5.56 Å². The van der Waals surface area contributed by atoms with Gasteiger partial charge >= 0.3 is 0 Å². The zero-order valence-corrected chi connectivity index (χ0v) is 10.9. The lowest BCUT2D eigenvalue weighted by atomic mass is 10.1. The van der Waals surface area contributed by atoms with Crippen molar-refractivity contribution < 1.29 is 4.39 Å². The minimum atomic E-state index is -0.197. The molecule has 0 aliphatic heterocycles. The van der Waals surface area contributed by atoms with Crippen LogP contribution in [0.25, 0.3) is 0 Å². The molecule has 1 heterocycles. The molecule has 0 saturated carbocycles. The van der Waals surface area contributed by atoms with Crippen LogP contribution in [0.4, 0.5) is 4.39 Å². The molecule has 1 aromatic carbocycles. The van der Waals surface area contributed by atoms with Crippen LogP contribution in [0.3, 0.4) is 0 Å². The summed E-state index contributed by atoms with van der Waals surface area (Å²) in [6.07, 6.45) is 0. The Labute approximate surface area is 105 Å². The number of rotatable bonds is 3. The summed E-state index contributed by atoms with van der Waals surface area (Å²) in [6, 6.07) is 6.64. The SMILES string of the molecule is CNC(c1nc(C)c(C)s1)c1ccccc1F. The highest BCUT2D eigenvalue weighted by atomic mass is 32.1. The van der Waals surface area contributed by atoms with Crippen molar-refractivity contribution in [1.82, 2.24) is 10.3 Å². The Morgan fingerprint density at radius 3 is 2.53 bits per heavy atom. The van der Waals surface area contributed by atoms with Crippen LogP contribution in [0.1, 0.15) is 27.2 Å². The van der Waals surface area contributed by atoms with Gasteiger partial charge in [-0.1, -0.05) is 18.2 Å². The molecule has 1 unspecified atom stereocenters. The van der Waals surface area contributed by atoms with Crippen LogP contribution in [-0.2, 0) is 0 Å². The van der Waals surface area contributed by atoms with E-state index in [4.69, 9.17) is 0 Å². The Bertz CT molecular complexity index is 502. The lowest BCUT2D eigenvalue weighted by Crippen LogP contribution is -2.18. The monoisotopic (exact) mass is 250 g/mol. The number of nitrogens with one attached hydrogen (secondary N) is 1. The first-order chi connectivity index (χ1) is 8.13. The third-order valence-corrected chi connectivity index (χ3v) is 3.93. The number of hydrogen-bond donors (Lipinski definition) is 1. The summed E-state index contributed by atoms with van der Waals surface area (Å²) in [5.74, 6) is -0.197. The van der Waals surface area contributed by atoms with Gasteiger partial charge in [-0.05, 0) is 27.0 Å². The molecule has 2 rings (SSSR count). The topological polar surface area (TPSA) is 24.9 Å². The standard InChI is InChI=1S/C13H15FN2S/c1-8-9(2)17-13(16-8)12(15-3)10-6-4-5-7-11(10)14/h4-7,12,15H,1-3H3. The fraction of sp³-hybridized carbons (Fsp3) is 0.308. The number of hydrogen-bond acceptors (Lipinski definition) is 3. The fourth-order valence-electron chi connectivity index (χ4n) is 1.74. The summed E-state index contributed by atoms with van der Waals surface area (Å²) in [4.78, 5) is 5.67. The molecule has 17 heavy (non-hydrogen) atoms. The highest BCUT2D eigenvalue weighted by Crippen LogP contribution is 2.28. The predicted molar refractivity (Wildman–Crippen MR) is 68.9 cm³/mol. The van der Waals surface area contributed by atoms with Gasteiger partial charge in [0.05, 0.1) is 11.7 Å². The molecule has 90 valence electrons. The molecular weight excluding hydrogens is 235 g/mol. The van der Waals surface area contributed by atoms with Gasteiger partial charge < -0.3 is 5.32 Å². The summed E-state index contributed by atoms with van der Waals surface area (Å²) in [7, 11) is 1.82. The Morgan fingerprint density at radius 2 is 2.00 bits per heavy atom. The van der Waals surface area contributed by atoms with Gasteiger partial charge in [-0.15, -0.1) is 11.3 Å². The van der Waals surface area contributed by atoms with Crippen LogP contribution in [0.5, 0.6) is 0 Å². The van der Waals surface area contributed by atoms with Crippen molar-refractivity contribution in [2.75, 3.05) is 7.05 Å². The van der Waals surface area contributed by atoms with Gasteiger partial charge in [-0.3, -0.25) is 0 Å². The van der Waals surface area contributed by atoms with E-state index in [0.717, 1.165) is 10.7 Å². The molecule has 2 nitrogen and oxygen atoms in total. The van der Waals surface area contributed by atoms with Crippen molar-refractivity contribution in [2.24, 2.45) is 0 Å². The van der Waals surface area contributed by atoms with Crippen molar-refractivity contribution in [1.29, 1.82) is 0 Å². The minimum absolute atomic E-state index is 0.173. The third kappa shape index (κ3) is 2.37. The van der Waals surface area contributed by atoms with Gasteiger partial charge in [0, 0.05) is 10.4 Å². The molecule has 2 aromatic rings. The van der Waals surface area contributed by atoms with E-state index in [1.807, 2.05) is 27.0 Å². The van der Waals surface area contributed by atoms with Crippen LogP contribution < -0.4 is 5.32 Å². The van der Waals surface area contributed by atoms with E-state index >= 15 is 0 Å². The van der Waals surface area contributed by atoms with Gasteiger partial charge in [-0.25, -0.2) is 9.37 Å². The van der Waals surface area contributed by atoms with E-state index in [1.54, 1.807) is 23.5 Å². The second-order valence-electron chi connectivity index (χ2n) is 3.94. The summed E-state index contributed by atoms with van der Waals surface area (Å²) in [5.41, 5.74) is 1.66. The molecule has 0 spiro atoms. The highest BCUT2D eigenvalue weighted by Gasteiger charge is 2.19. The number of aryl methyl sites for hydroxylation is 2. The van der Waals surface area contributed by atoms with E-state index in [1.165, 1.54) is 10.9 Å². The maximum absolute atomic E-state index is 13.8. The Balaban J connectivity index is 2.44. The Hall–Kier alpha value is -1.26. The number of halogens is 1. The van der Waals surface area contributed by atoms with Gasteiger partial charge in [0.25, 0.3) is 0 Å². The minimum Gasteiger partial charge on any atom is -0.307 e. The van der Waals surface area contributed by atoms with E-state index in [-0.39, 0.29) is 11.9 Å². The number of benzene rings is 1. The molecule has 1 atom stereocenters. The average molecular weight is 250 g/mol. The molecule has 0 bridgehead atoms. The zero-order chi connectivity index (χ0) is 12.4. The molecule has 0 aliphatic carbocycles. The van der Waals surface area contributed by atoms with E-state index in [9.17, 15) is 4.39 Å². The van der Waals surface area contributed by atoms with Crippen LogP contribution in [0, 0.1) is 19.7 Å². The molecule has 1 aromatic heterocycles. The van der Waals surface area contributed by atoms with Crippen molar-refractivity contribution in [3.05, 3.63) is 51.2 Å². The fourth-order valence-corrected chi connectivity index (χ4v) is 2.79. The first kappa shape index (κ1) is 12.2. The number of aromatic nitrogens is 1. The van der Waals surface area contributed by atoms with E-state index < -0.39 is 0 Å².